The molecule has 0 aromatic carbocycles. The van der Waals surface area contributed by atoms with Crippen molar-refractivity contribution < 1.29 is 8.42 Å². The molecule has 2 N–H and O–H groups in total. The molecule has 4 nitrogen and oxygen atoms in total. The highest BCUT2D eigenvalue weighted by Gasteiger charge is 2.29. The van der Waals surface area contributed by atoms with Crippen molar-refractivity contribution in [2.75, 3.05) is 11.5 Å². The highest BCUT2D eigenvalue weighted by atomic mass is 32.2. The molecule has 1 fully saturated rings. The van der Waals surface area contributed by atoms with Crippen molar-refractivity contribution in [2.24, 2.45) is 11.7 Å². The Labute approximate surface area is 108 Å². The Hall–Kier alpha value is -0.810. The summed E-state index contributed by atoms with van der Waals surface area (Å²) in [5, 5.41) is 0. The molecular weight excluding hydrogens is 248 g/mol. The van der Waals surface area contributed by atoms with Gasteiger partial charge in [0.1, 0.15) is 0 Å². The van der Waals surface area contributed by atoms with Gasteiger partial charge in [0.05, 0.1) is 11.5 Å². The standard InChI is InChI=1S/C13H20N2O2S/c14-12-2-1-3-13-11(12)4-6-15(13)8-10-5-7-18(16,17)9-10/h4,6,10,12H,1-3,5,7-9,14H2. The Morgan fingerprint density at radius 1 is 1.39 bits per heavy atom. The number of nitrogens with zero attached hydrogens (tertiary/aromatic N) is 1. The monoisotopic (exact) mass is 268 g/mol. The summed E-state index contributed by atoms with van der Waals surface area (Å²) in [6.45, 7) is 0.835. The Kier molecular flexibility index (Phi) is 2.98. The van der Waals surface area contributed by atoms with Crippen molar-refractivity contribution in [1.29, 1.82) is 0 Å². The van der Waals surface area contributed by atoms with Crippen LogP contribution in [0.5, 0.6) is 0 Å². The molecule has 3 rings (SSSR count). The zero-order valence-electron chi connectivity index (χ0n) is 10.5. The average Bonchev–Trinajstić information content (AvgIpc) is 2.85. The molecule has 1 aliphatic carbocycles. The van der Waals surface area contributed by atoms with Crippen LogP contribution >= 0.6 is 0 Å². The summed E-state index contributed by atoms with van der Waals surface area (Å²) in [4.78, 5) is 0. The normalized spacial score (nSPS) is 30.3. The fourth-order valence-corrected chi connectivity index (χ4v) is 5.11. The molecule has 0 bridgehead atoms. The summed E-state index contributed by atoms with van der Waals surface area (Å²) in [6, 6.07) is 2.28. The van der Waals surface area contributed by atoms with Crippen LogP contribution in [-0.2, 0) is 22.8 Å². The maximum absolute atomic E-state index is 11.5. The molecule has 0 radical (unpaired) electrons. The van der Waals surface area contributed by atoms with E-state index >= 15 is 0 Å². The highest BCUT2D eigenvalue weighted by molar-refractivity contribution is 7.91. The minimum atomic E-state index is -2.77. The van der Waals surface area contributed by atoms with Gasteiger partial charge in [0, 0.05) is 24.5 Å². The van der Waals surface area contributed by atoms with Crippen molar-refractivity contribution in [1.82, 2.24) is 4.57 Å². The van der Waals surface area contributed by atoms with Crippen molar-refractivity contribution >= 4 is 9.84 Å². The maximum atomic E-state index is 11.5. The van der Waals surface area contributed by atoms with E-state index in [1.807, 2.05) is 0 Å². The van der Waals surface area contributed by atoms with Crippen molar-refractivity contribution in [3.63, 3.8) is 0 Å². The highest BCUT2D eigenvalue weighted by Crippen LogP contribution is 2.30. The van der Waals surface area contributed by atoms with E-state index in [1.165, 1.54) is 11.3 Å². The molecular formula is C13H20N2O2S. The van der Waals surface area contributed by atoms with Gasteiger partial charge in [0.25, 0.3) is 0 Å². The Morgan fingerprint density at radius 2 is 2.22 bits per heavy atom. The van der Waals surface area contributed by atoms with Gasteiger partial charge >= 0.3 is 0 Å². The lowest BCUT2D eigenvalue weighted by molar-refractivity contribution is 0.465. The van der Waals surface area contributed by atoms with Crippen LogP contribution < -0.4 is 5.73 Å². The van der Waals surface area contributed by atoms with Gasteiger partial charge in [-0.3, -0.25) is 0 Å². The van der Waals surface area contributed by atoms with E-state index in [9.17, 15) is 8.42 Å². The SMILES string of the molecule is NC1CCCc2c1ccn2CC1CCS(=O)(=O)C1. The van der Waals surface area contributed by atoms with Crippen LogP contribution in [0.15, 0.2) is 12.3 Å². The third kappa shape index (κ3) is 2.21. The summed E-state index contributed by atoms with van der Waals surface area (Å²) in [7, 11) is -2.77. The molecule has 2 unspecified atom stereocenters. The van der Waals surface area contributed by atoms with Gasteiger partial charge < -0.3 is 10.3 Å². The molecule has 0 spiro atoms. The minimum Gasteiger partial charge on any atom is -0.351 e. The lowest BCUT2D eigenvalue weighted by Crippen LogP contribution is -2.20. The molecule has 1 aromatic rings. The van der Waals surface area contributed by atoms with E-state index in [0.29, 0.717) is 11.5 Å². The van der Waals surface area contributed by atoms with Crippen molar-refractivity contribution in [3.8, 4) is 0 Å². The van der Waals surface area contributed by atoms with Crippen LogP contribution in [-0.4, -0.2) is 24.5 Å². The van der Waals surface area contributed by atoms with Gasteiger partial charge in [-0.1, -0.05) is 0 Å². The number of aromatic nitrogens is 1. The van der Waals surface area contributed by atoms with Gasteiger partial charge in [-0.05, 0) is 43.2 Å². The summed E-state index contributed by atoms with van der Waals surface area (Å²) in [6.07, 6.45) is 6.17. The molecule has 2 heterocycles. The van der Waals surface area contributed by atoms with Crippen LogP contribution in [0.25, 0.3) is 0 Å². The van der Waals surface area contributed by atoms with Crippen LogP contribution in [0.1, 0.15) is 36.6 Å². The van der Waals surface area contributed by atoms with E-state index in [1.54, 1.807) is 0 Å². The molecule has 1 aromatic heterocycles. The van der Waals surface area contributed by atoms with Gasteiger partial charge in [-0.25, -0.2) is 8.42 Å². The summed E-state index contributed by atoms with van der Waals surface area (Å²) in [5.41, 5.74) is 8.70. The van der Waals surface area contributed by atoms with Crippen LogP contribution in [0.3, 0.4) is 0 Å². The van der Waals surface area contributed by atoms with E-state index in [2.05, 4.69) is 16.8 Å². The third-order valence-corrected chi connectivity index (χ3v) is 6.06. The zero-order chi connectivity index (χ0) is 12.8. The fourth-order valence-electron chi connectivity index (χ4n) is 3.26. The number of rotatable bonds is 2. The smallest absolute Gasteiger partial charge is 0.150 e. The predicted molar refractivity (Wildman–Crippen MR) is 71.1 cm³/mol. The molecule has 18 heavy (non-hydrogen) atoms. The second-order valence-corrected chi connectivity index (χ2v) is 7.87. The fraction of sp³-hybridized carbons (Fsp3) is 0.692. The Morgan fingerprint density at radius 3 is 2.94 bits per heavy atom. The molecule has 2 aliphatic rings. The van der Waals surface area contributed by atoms with E-state index in [4.69, 9.17) is 5.73 Å². The Balaban J connectivity index is 1.78. The number of sulfone groups is 1. The second kappa shape index (κ2) is 4.38. The number of fused-ring (bicyclic) bond motifs is 1. The summed E-state index contributed by atoms with van der Waals surface area (Å²) >= 11 is 0. The maximum Gasteiger partial charge on any atom is 0.150 e. The molecule has 1 aliphatic heterocycles. The average molecular weight is 268 g/mol. The molecule has 0 saturated carbocycles. The van der Waals surface area contributed by atoms with Crippen LogP contribution in [0.4, 0.5) is 0 Å². The van der Waals surface area contributed by atoms with Crippen LogP contribution in [0, 0.1) is 5.92 Å². The molecule has 5 heteroatoms. The Bertz CT molecular complexity index is 547. The lowest BCUT2D eigenvalue weighted by atomic mass is 9.93. The predicted octanol–water partition coefficient (Wildman–Crippen LogP) is 1.26. The molecule has 1 saturated heterocycles. The molecule has 100 valence electrons. The van der Waals surface area contributed by atoms with Crippen molar-refractivity contribution in [3.05, 3.63) is 23.5 Å². The first-order valence-corrected chi connectivity index (χ1v) is 8.51. The third-order valence-electron chi connectivity index (χ3n) is 4.22. The summed E-state index contributed by atoms with van der Waals surface area (Å²) < 4.78 is 25.2. The molecule has 0 amide bonds. The van der Waals surface area contributed by atoms with E-state index < -0.39 is 9.84 Å². The largest absolute Gasteiger partial charge is 0.351 e. The van der Waals surface area contributed by atoms with E-state index in [-0.39, 0.29) is 12.0 Å². The zero-order valence-corrected chi connectivity index (χ0v) is 11.3. The first kappa shape index (κ1) is 12.2. The first-order chi connectivity index (χ1) is 8.55. The number of hydrogen-bond donors (Lipinski definition) is 1. The lowest BCUT2D eigenvalue weighted by Gasteiger charge is -2.22. The second-order valence-electron chi connectivity index (χ2n) is 5.64. The summed E-state index contributed by atoms with van der Waals surface area (Å²) in [5.74, 6) is 0.997. The quantitative estimate of drug-likeness (QED) is 0.878. The molecule has 2 atom stereocenters. The van der Waals surface area contributed by atoms with Crippen molar-refractivity contribution in [2.45, 2.75) is 38.3 Å². The number of hydrogen-bond acceptors (Lipinski definition) is 3. The first-order valence-electron chi connectivity index (χ1n) is 6.69. The van der Waals surface area contributed by atoms with Gasteiger partial charge in [-0.15, -0.1) is 0 Å². The minimum absolute atomic E-state index is 0.169. The van der Waals surface area contributed by atoms with E-state index in [0.717, 1.165) is 32.2 Å². The topological polar surface area (TPSA) is 65.1 Å². The van der Waals surface area contributed by atoms with Gasteiger partial charge in [0.15, 0.2) is 9.84 Å². The number of nitrogens with two attached hydrogens (primary N) is 1. The van der Waals surface area contributed by atoms with Gasteiger partial charge in [-0.2, -0.15) is 0 Å². The van der Waals surface area contributed by atoms with Gasteiger partial charge in [0.2, 0.25) is 0 Å². The van der Waals surface area contributed by atoms with Crippen LogP contribution in [0.2, 0.25) is 0 Å².